The normalized spacial score (nSPS) is 11.2. The number of halogens is 1. The number of nitrogens with zero attached hydrogens (tertiary/aromatic N) is 1. The van der Waals surface area contributed by atoms with Gasteiger partial charge in [-0.05, 0) is 58.5 Å². The summed E-state index contributed by atoms with van der Waals surface area (Å²) in [5.41, 5.74) is 7.65. The molecule has 0 spiro atoms. The Balaban J connectivity index is 2.05. The molecule has 108 valence electrons. The van der Waals surface area contributed by atoms with E-state index in [2.05, 4.69) is 33.1 Å². The Morgan fingerprint density at radius 3 is 2.57 bits per heavy atom. The zero-order valence-electron chi connectivity index (χ0n) is 11.1. The first-order valence-electron chi connectivity index (χ1n) is 6.21. The van der Waals surface area contributed by atoms with Gasteiger partial charge in [0.25, 0.3) is 5.91 Å². The van der Waals surface area contributed by atoms with Crippen molar-refractivity contribution in [2.24, 2.45) is 10.9 Å². The van der Waals surface area contributed by atoms with Gasteiger partial charge in [-0.15, -0.1) is 0 Å². The van der Waals surface area contributed by atoms with E-state index >= 15 is 0 Å². The maximum Gasteiger partial charge on any atom is 0.255 e. The number of nitrogens with two attached hydrogens (primary N) is 1. The largest absolute Gasteiger partial charge is 0.409 e. The van der Waals surface area contributed by atoms with Gasteiger partial charge in [0.1, 0.15) is 5.84 Å². The fourth-order valence-electron chi connectivity index (χ4n) is 1.78. The van der Waals surface area contributed by atoms with Crippen molar-refractivity contribution in [2.45, 2.75) is 6.42 Å². The molecule has 0 aliphatic carbocycles. The third-order valence-corrected chi connectivity index (χ3v) is 3.48. The van der Waals surface area contributed by atoms with E-state index in [4.69, 9.17) is 10.9 Å². The standard InChI is InChI=1S/C15H14IN3O2/c16-12-3-1-2-11(9-12)15(20)18-13-6-4-10(5-7-13)8-14(17)19-21/h1-7,9,21H,8H2,(H2,17,19)(H,18,20). The van der Waals surface area contributed by atoms with E-state index in [0.717, 1.165) is 9.13 Å². The van der Waals surface area contributed by atoms with Crippen LogP contribution in [0.4, 0.5) is 5.69 Å². The van der Waals surface area contributed by atoms with Crippen molar-refractivity contribution in [3.63, 3.8) is 0 Å². The van der Waals surface area contributed by atoms with Crippen LogP contribution in [-0.4, -0.2) is 17.0 Å². The lowest BCUT2D eigenvalue weighted by atomic mass is 10.1. The van der Waals surface area contributed by atoms with Crippen molar-refractivity contribution >= 4 is 40.0 Å². The zero-order valence-corrected chi connectivity index (χ0v) is 13.2. The molecule has 0 heterocycles. The molecule has 5 nitrogen and oxygen atoms in total. The van der Waals surface area contributed by atoms with Gasteiger partial charge in [0.2, 0.25) is 0 Å². The average Bonchev–Trinajstić information content (AvgIpc) is 2.49. The summed E-state index contributed by atoms with van der Waals surface area (Å²) in [6, 6.07) is 14.6. The lowest BCUT2D eigenvalue weighted by Gasteiger charge is -2.07. The van der Waals surface area contributed by atoms with Crippen LogP contribution in [0.5, 0.6) is 0 Å². The highest BCUT2D eigenvalue weighted by atomic mass is 127. The van der Waals surface area contributed by atoms with Gasteiger partial charge < -0.3 is 16.3 Å². The number of amides is 1. The lowest BCUT2D eigenvalue weighted by molar-refractivity contribution is 0.102. The smallest absolute Gasteiger partial charge is 0.255 e. The second kappa shape index (κ2) is 7.07. The number of hydrogen-bond donors (Lipinski definition) is 3. The first-order chi connectivity index (χ1) is 10.1. The molecule has 2 aromatic carbocycles. The van der Waals surface area contributed by atoms with Gasteiger partial charge in [0, 0.05) is 21.2 Å². The van der Waals surface area contributed by atoms with Gasteiger partial charge in [0.05, 0.1) is 0 Å². The van der Waals surface area contributed by atoms with E-state index in [1.165, 1.54) is 0 Å². The molecule has 0 atom stereocenters. The van der Waals surface area contributed by atoms with Gasteiger partial charge >= 0.3 is 0 Å². The number of carbonyl (C=O) groups excluding carboxylic acids is 1. The van der Waals surface area contributed by atoms with Crippen LogP contribution in [0.2, 0.25) is 0 Å². The molecule has 0 aliphatic heterocycles. The lowest BCUT2D eigenvalue weighted by Crippen LogP contribution is -2.15. The molecule has 21 heavy (non-hydrogen) atoms. The summed E-state index contributed by atoms with van der Waals surface area (Å²) >= 11 is 2.17. The Morgan fingerprint density at radius 2 is 1.95 bits per heavy atom. The maximum atomic E-state index is 12.1. The van der Waals surface area contributed by atoms with E-state index in [-0.39, 0.29) is 11.7 Å². The summed E-state index contributed by atoms with van der Waals surface area (Å²) in [5, 5.41) is 14.3. The minimum Gasteiger partial charge on any atom is -0.409 e. The Morgan fingerprint density at radius 1 is 1.24 bits per heavy atom. The third kappa shape index (κ3) is 4.45. The van der Waals surface area contributed by atoms with Crippen molar-refractivity contribution in [2.75, 3.05) is 5.32 Å². The number of carbonyl (C=O) groups is 1. The first kappa shape index (κ1) is 15.3. The average molecular weight is 395 g/mol. The van der Waals surface area contributed by atoms with E-state index in [1.54, 1.807) is 18.2 Å². The molecule has 0 fully saturated rings. The summed E-state index contributed by atoms with van der Waals surface area (Å²) in [5.74, 6) is -0.0108. The summed E-state index contributed by atoms with van der Waals surface area (Å²) in [6.07, 6.45) is 0.363. The molecular formula is C15H14IN3O2. The number of anilines is 1. The second-order valence-electron chi connectivity index (χ2n) is 4.43. The summed E-state index contributed by atoms with van der Waals surface area (Å²) in [4.78, 5) is 12.1. The topological polar surface area (TPSA) is 87.7 Å². The SMILES string of the molecule is NC(Cc1ccc(NC(=O)c2cccc(I)c2)cc1)=NO. The molecule has 4 N–H and O–H groups in total. The molecular weight excluding hydrogens is 381 g/mol. The summed E-state index contributed by atoms with van der Waals surface area (Å²) < 4.78 is 1.01. The highest BCUT2D eigenvalue weighted by Crippen LogP contribution is 2.13. The molecule has 0 aliphatic rings. The van der Waals surface area contributed by atoms with Crippen molar-refractivity contribution in [1.29, 1.82) is 0 Å². The molecule has 0 saturated carbocycles. The number of amidine groups is 1. The number of oxime groups is 1. The Bertz CT molecular complexity index is 669. The van der Waals surface area contributed by atoms with Gasteiger partial charge in [-0.25, -0.2) is 0 Å². The minimum atomic E-state index is -0.155. The van der Waals surface area contributed by atoms with Crippen LogP contribution in [-0.2, 0) is 6.42 Å². The third-order valence-electron chi connectivity index (χ3n) is 2.81. The van der Waals surface area contributed by atoms with Crippen molar-refractivity contribution < 1.29 is 10.0 Å². The Kier molecular flexibility index (Phi) is 5.15. The maximum absolute atomic E-state index is 12.1. The fraction of sp³-hybridized carbons (Fsp3) is 0.0667. The van der Waals surface area contributed by atoms with E-state index in [9.17, 15) is 4.79 Å². The van der Waals surface area contributed by atoms with Crippen LogP contribution in [0.1, 0.15) is 15.9 Å². The van der Waals surface area contributed by atoms with Crippen LogP contribution in [0.25, 0.3) is 0 Å². The van der Waals surface area contributed by atoms with Crippen LogP contribution < -0.4 is 11.1 Å². The first-order valence-corrected chi connectivity index (χ1v) is 7.28. The molecule has 0 aromatic heterocycles. The number of benzene rings is 2. The van der Waals surface area contributed by atoms with E-state index < -0.39 is 0 Å². The van der Waals surface area contributed by atoms with Crippen molar-refractivity contribution in [3.8, 4) is 0 Å². The Labute approximate surface area is 136 Å². The van der Waals surface area contributed by atoms with Gasteiger partial charge in [-0.1, -0.05) is 23.4 Å². The molecule has 2 rings (SSSR count). The zero-order chi connectivity index (χ0) is 15.2. The monoisotopic (exact) mass is 395 g/mol. The fourth-order valence-corrected chi connectivity index (χ4v) is 2.33. The summed E-state index contributed by atoms with van der Waals surface area (Å²) in [7, 11) is 0. The van der Waals surface area contributed by atoms with E-state index in [1.807, 2.05) is 30.3 Å². The molecule has 2 aromatic rings. The number of nitrogens with one attached hydrogen (secondary N) is 1. The molecule has 0 bridgehead atoms. The van der Waals surface area contributed by atoms with Crippen LogP contribution in [0.3, 0.4) is 0 Å². The molecule has 0 unspecified atom stereocenters. The van der Waals surface area contributed by atoms with Gasteiger partial charge in [0.15, 0.2) is 0 Å². The highest BCUT2D eigenvalue weighted by Gasteiger charge is 2.06. The number of hydrogen-bond acceptors (Lipinski definition) is 3. The highest BCUT2D eigenvalue weighted by molar-refractivity contribution is 14.1. The quantitative estimate of drug-likeness (QED) is 0.245. The van der Waals surface area contributed by atoms with Crippen LogP contribution in [0.15, 0.2) is 53.7 Å². The van der Waals surface area contributed by atoms with Crippen LogP contribution >= 0.6 is 22.6 Å². The van der Waals surface area contributed by atoms with Crippen molar-refractivity contribution in [3.05, 3.63) is 63.2 Å². The van der Waals surface area contributed by atoms with Crippen molar-refractivity contribution in [1.82, 2.24) is 0 Å². The Hall–Kier alpha value is -2.09. The molecule has 6 heteroatoms. The predicted octanol–water partition coefficient (Wildman–Crippen LogP) is 2.83. The molecule has 0 radical (unpaired) electrons. The van der Waals surface area contributed by atoms with Gasteiger partial charge in [-0.3, -0.25) is 4.79 Å². The van der Waals surface area contributed by atoms with Crippen LogP contribution in [0, 0.1) is 3.57 Å². The molecule has 1 amide bonds. The summed E-state index contributed by atoms with van der Waals surface area (Å²) in [6.45, 7) is 0. The predicted molar refractivity (Wildman–Crippen MR) is 90.7 cm³/mol. The van der Waals surface area contributed by atoms with E-state index in [0.29, 0.717) is 17.7 Å². The second-order valence-corrected chi connectivity index (χ2v) is 5.68. The van der Waals surface area contributed by atoms with Gasteiger partial charge in [-0.2, -0.15) is 0 Å². The molecule has 0 saturated heterocycles. The minimum absolute atomic E-state index is 0.144. The number of rotatable bonds is 4.